The van der Waals surface area contributed by atoms with Gasteiger partial charge in [0.25, 0.3) is 0 Å². The van der Waals surface area contributed by atoms with Gasteiger partial charge in [-0.25, -0.2) is 0 Å². The minimum atomic E-state index is -0.319. The molecule has 1 rings (SSSR count). The summed E-state index contributed by atoms with van der Waals surface area (Å²) in [6.45, 7) is 2.07. The monoisotopic (exact) mass is 258 g/mol. The zero-order valence-electron chi connectivity index (χ0n) is 10.9. The molecule has 19 heavy (non-hydrogen) atoms. The fourth-order valence-corrected chi connectivity index (χ4v) is 1.71. The zero-order chi connectivity index (χ0) is 14.3. The van der Waals surface area contributed by atoms with Gasteiger partial charge in [0, 0.05) is 6.42 Å². The molecule has 0 fully saturated rings. The van der Waals surface area contributed by atoms with Crippen LogP contribution in [0.25, 0.3) is 0 Å². The lowest BCUT2D eigenvalue weighted by Crippen LogP contribution is -2.06. The molecule has 0 heterocycles. The molecule has 0 unspecified atom stereocenters. The average Bonchev–Trinajstić information content (AvgIpc) is 2.43. The third-order valence-corrected chi connectivity index (χ3v) is 2.60. The fourth-order valence-electron chi connectivity index (χ4n) is 1.71. The zero-order valence-corrected chi connectivity index (χ0v) is 10.9. The highest BCUT2D eigenvalue weighted by Crippen LogP contribution is 2.25. The number of nitrogens with zero attached hydrogens (tertiary/aromatic N) is 2. The van der Waals surface area contributed by atoms with Crippen molar-refractivity contribution in [2.75, 3.05) is 13.7 Å². The number of methoxy groups -OCH3 is 1. The summed E-state index contributed by atoms with van der Waals surface area (Å²) in [6.07, 6.45) is 0.542. The van der Waals surface area contributed by atoms with Crippen LogP contribution in [0.1, 0.15) is 30.0 Å². The number of benzene rings is 1. The maximum absolute atomic E-state index is 11.3. The van der Waals surface area contributed by atoms with E-state index in [1.54, 1.807) is 19.1 Å². The van der Waals surface area contributed by atoms with Crippen molar-refractivity contribution in [3.8, 4) is 17.9 Å². The highest BCUT2D eigenvalue weighted by atomic mass is 16.5. The van der Waals surface area contributed by atoms with Crippen molar-refractivity contribution >= 4 is 5.97 Å². The van der Waals surface area contributed by atoms with E-state index in [0.29, 0.717) is 24.3 Å². The van der Waals surface area contributed by atoms with E-state index in [1.807, 2.05) is 12.1 Å². The Bertz CT molecular complexity index is 553. The van der Waals surface area contributed by atoms with Crippen LogP contribution in [0.4, 0.5) is 0 Å². The molecule has 0 bridgehead atoms. The summed E-state index contributed by atoms with van der Waals surface area (Å²) in [6, 6.07) is 7.26. The van der Waals surface area contributed by atoms with E-state index in [9.17, 15) is 4.79 Å². The Kier molecular flexibility index (Phi) is 5.37. The molecule has 0 aliphatic rings. The predicted octanol–water partition coefficient (Wildman–Crippen LogP) is 1.93. The quantitative estimate of drug-likeness (QED) is 0.753. The van der Waals surface area contributed by atoms with Crippen LogP contribution in [-0.2, 0) is 16.0 Å². The predicted molar refractivity (Wildman–Crippen MR) is 67.4 cm³/mol. The molecule has 5 nitrogen and oxygen atoms in total. The van der Waals surface area contributed by atoms with E-state index in [-0.39, 0.29) is 23.5 Å². The first kappa shape index (κ1) is 14.5. The Balaban J connectivity index is 3.00. The molecular weight excluding hydrogens is 244 g/mol. The van der Waals surface area contributed by atoms with Crippen molar-refractivity contribution in [2.24, 2.45) is 0 Å². The summed E-state index contributed by atoms with van der Waals surface area (Å²) < 4.78 is 9.86. The third kappa shape index (κ3) is 3.46. The van der Waals surface area contributed by atoms with Crippen LogP contribution >= 0.6 is 0 Å². The molecule has 0 aromatic heterocycles. The molecule has 5 heteroatoms. The van der Waals surface area contributed by atoms with Gasteiger partial charge in [0.2, 0.25) is 0 Å². The van der Waals surface area contributed by atoms with E-state index >= 15 is 0 Å². The van der Waals surface area contributed by atoms with Gasteiger partial charge in [-0.2, -0.15) is 10.5 Å². The molecule has 0 amide bonds. The largest absolute Gasteiger partial charge is 0.495 e. The Morgan fingerprint density at radius 1 is 1.26 bits per heavy atom. The Labute approximate surface area is 112 Å². The highest BCUT2D eigenvalue weighted by Gasteiger charge is 2.14. The first-order valence-corrected chi connectivity index (χ1v) is 5.83. The van der Waals surface area contributed by atoms with Crippen LogP contribution in [0.2, 0.25) is 0 Å². The van der Waals surface area contributed by atoms with Crippen molar-refractivity contribution in [1.82, 2.24) is 0 Å². The molecule has 1 aromatic rings. The Hall–Kier alpha value is -2.53. The van der Waals surface area contributed by atoms with Gasteiger partial charge < -0.3 is 9.47 Å². The number of carbonyl (C=O) groups is 1. The standard InChI is InChI=1S/C14H14N2O3/c1-3-19-14(17)7-5-10-4-6-13(18-2)12(9-16)11(10)8-15/h4,6H,3,5,7H2,1-2H3. The van der Waals surface area contributed by atoms with E-state index in [0.717, 1.165) is 0 Å². The molecule has 0 radical (unpaired) electrons. The smallest absolute Gasteiger partial charge is 0.306 e. The van der Waals surface area contributed by atoms with Crippen molar-refractivity contribution in [2.45, 2.75) is 19.8 Å². The number of nitriles is 2. The minimum absolute atomic E-state index is 0.180. The minimum Gasteiger partial charge on any atom is -0.495 e. The van der Waals surface area contributed by atoms with Crippen LogP contribution < -0.4 is 4.74 Å². The number of esters is 1. The molecule has 0 aliphatic heterocycles. The Morgan fingerprint density at radius 3 is 2.47 bits per heavy atom. The lowest BCUT2D eigenvalue weighted by molar-refractivity contribution is -0.143. The van der Waals surface area contributed by atoms with Gasteiger partial charge in [0.05, 0.1) is 19.3 Å². The van der Waals surface area contributed by atoms with Gasteiger partial charge in [-0.1, -0.05) is 6.07 Å². The van der Waals surface area contributed by atoms with E-state index < -0.39 is 0 Å². The lowest BCUT2D eigenvalue weighted by atomic mass is 9.98. The van der Waals surface area contributed by atoms with Crippen LogP contribution in [0.5, 0.6) is 5.75 Å². The number of ether oxygens (including phenoxy) is 2. The molecule has 98 valence electrons. The van der Waals surface area contributed by atoms with Gasteiger partial charge in [-0.3, -0.25) is 4.79 Å². The van der Waals surface area contributed by atoms with Crippen molar-refractivity contribution < 1.29 is 14.3 Å². The molecule has 0 N–H and O–H groups in total. The van der Waals surface area contributed by atoms with Crippen LogP contribution in [0, 0.1) is 22.7 Å². The van der Waals surface area contributed by atoms with Gasteiger partial charge >= 0.3 is 5.97 Å². The Morgan fingerprint density at radius 2 is 1.95 bits per heavy atom. The van der Waals surface area contributed by atoms with Crippen molar-refractivity contribution in [3.05, 3.63) is 28.8 Å². The average molecular weight is 258 g/mol. The maximum atomic E-state index is 11.3. The number of aryl methyl sites for hydroxylation is 1. The third-order valence-electron chi connectivity index (χ3n) is 2.60. The van der Waals surface area contributed by atoms with E-state index in [4.69, 9.17) is 20.0 Å². The molecule has 0 saturated heterocycles. The van der Waals surface area contributed by atoms with E-state index in [1.165, 1.54) is 7.11 Å². The molecule has 0 spiro atoms. The van der Waals surface area contributed by atoms with E-state index in [2.05, 4.69) is 0 Å². The maximum Gasteiger partial charge on any atom is 0.306 e. The number of hydrogen-bond donors (Lipinski definition) is 0. The highest BCUT2D eigenvalue weighted by molar-refractivity contribution is 5.70. The molecule has 1 aromatic carbocycles. The van der Waals surface area contributed by atoms with Gasteiger partial charge in [0.15, 0.2) is 0 Å². The van der Waals surface area contributed by atoms with Gasteiger partial charge in [-0.15, -0.1) is 0 Å². The number of hydrogen-bond acceptors (Lipinski definition) is 5. The first-order chi connectivity index (χ1) is 9.17. The number of rotatable bonds is 5. The van der Waals surface area contributed by atoms with Gasteiger partial charge in [0.1, 0.15) is 23.5 Å². The topological polar surface area (TPSA) is 83.1 Å². The normalized spacial score (nSPS) is 9.26. The summed E-state index contributed by atoms with van der Waals surface area (Å²) in [4.78, 5) is 11.3. The summed E-state index contributed by atoms with van der Waals surface area (Å²) >= 11 is 0. The molecular formula is C14H14N2O3. The second-order valence-electron chi connectivity index (χ2n) is 3.71. The number of carbonyl (C=O) groups excluding carboxylic acids is 1. The van der Waals surface area contributed by atoms with Crippen molar-refractivity contribution in [3.63, 3.8) is 0 Å². The molecule has 0 atom stereocenters. The second-order valence-corrected chi connectivity index (χ2v) is 3.71. The lowest BCUT2D eigenvalue weighted by Gasteiger charge is -2.09. The fraction of sp³-hybridized carbons (Fsp3) is 0.357. The van der Waals surface area contributed by atoms with Crippen LogP contribution in [0.15, 0.2) is 12.1 Å². The SMILES string of the molecule is CCOC(=O)CCc1ccc(OC)c(C#N)c1C#N. The molecule has 0 saturated carbocycles. The summed E-state index contributed by atoms with van der Waals surface area (Å²) in [5.41, 5.74) is 1.10. The summed E-state index contributed by atoms with van der Waals surface area (Å²) in [7, 11) is 1.44. The van der Waals surface area contributed by atoms with Crippen LogP contribution in [0.3, 0.4) is 0 Å². The van der Waals surface area contributed by atoms with Gasteiger partial charge in [-0.05, 0) is 25.0 Å². The second kappa shape index (κ2) is 7.03. The summed E-state index contributed by atoms with van der Waals surface area (Å²) in [5.74, 6) is 0.0413. The first-order valence-electron chi connectivity index (χ1n) is 5.83. The van der Waals surface area contributed by atoms with Crippen molar-refractivity contribution in [1.29, 1.82) is 10.5 Å². The molecule has 0 aliphatic carbocycles. The van der Waals surface area contributed by atoms with Crippen LogP contribution in [-0.4, -0.2) is 19.7 Å². The summed E-state index contributed by atoms with van der Waals surface area (Å²) in [5, 5.41) is 18.2.